The van der Waals surface area contributed by atoms with Crippen LogP contribution in [-0.4, -0.2) is 115 Å². The lowest BCUT2D eigenvalue weighted by molar-refractivity contribution is -0.384. The maximum Gasteiger partial charge on any atom is 0.297 e. The number of nitro groups is 1. The SMILES string of the molecule is CC(C)c1ccccc1[C@@]12CN(C)CC1[C@H]2N1CC2(CCN(c3ccc(C(=O)NS(=O)(=O)c4cc5c(c([N+](=O)[O-])c4)N[C@@H](C4CCC(C)(O)CC4)CO5)c(Oc4cnc5[nH]cc(F)c5c4)c3)CC2)C1. The van der Waals surface area contributed by atoms with Gasteiger partial charge in [0.25, 0.3) is 21.6 Å². The Labute approximate surface area is 400 Å². The fourth-order valence-electron chi connectivity index (χ4n) is 12.6. The van der Waals surface area contributed by atoms with Gasteiger partial charge in [0, 0.05) is 86.7 Å². The third kappa shape index (κ3) is 8.06. The average Bonchev–Trinajstić information content (AvgIpc) is 3.52. The number of benzene rings is 3. The third-order valence-electron chi connectivity index (χ3n) is 16.4. The number of hydrogen-bond acceptors (Lipinski definition) is 13. The molecule has 1 spiro atoms. The molecule has 0 bridgehead atoms. The average molecular weight is 963 g/mol. The van der Waals surface area contributed by atoms with Gasteiger partial charge in [0.05, 0.1) is 38.6 Å². The first-order valence-electron chi connectivity index (χ1n) is 24.2. The lowest BCUT2D eigenvalue weighted by Crippen LogP contribution is -2.62. The number of nitrogens with one attached hydrogen (secondary N) is 3. The molecule has 69 heavy (non-hydrogen) atoms. The highest BCUT2D eigenvalue weighted by Crippen LogP contribution is 2.64. The van der Waals surface area contributed by atoms with E-state index in [1.165, 1.54) is 41.7 Å². The minimum atomic E-state index is -4.72. The largest absolute Gasteiger partial charge is 0.489 e. The summed E-state index contributed by atoms with van der Waals surface area (Å²) in [6.45, 7) is 12.4. The van der Waals surface area contributed by atoms with Gasteiger partial charge < -0.3 is 34.7 Å². The van der Waals surface area contributed by atoms with Crippen LogP contribution in [0.25, 0.3) is 11.0 Å². The van der Waals surface area contributed by atoms with Gasteiger partial charge in [0.15, 0.2) is 11.4 Å². The smallest absolute Gasteiger partial charge is 0.297 e. The Morgan fingerprint density at radius 2 is 1.81 bits per heavy atom. The Bertz CT molecular complexity index is 2970. The number of amides is 1. The number of hydrogen-bond donors (Lipinski definition) is 4. The van der Waals surface area contributed by atoms with Crippen LogP contribution in [0.5, 0.6) is 17.2 Å². The molecule has 3 aromatic carbocycles. The van der Waals surface area contributed by atoms with Crippen LogP contribution in [0.2, 0.25) is 0 Å². The lowest BCUT2D eigenvalue weighted by atomic mass is 9.71. The summed E-state index contributed by atoms with van der Waals surface area (Å²) in [6, 6.07) is 17.8. The number of H-pyrrole nitrogens is 1. The number of fused-ring (bicyclic) bond motifs is 3. The summed E-state index contributed by atoms with van der Waals surface area (Å²) in [6.07, 6.45) is 7.10. The monoisotopic (exact) mass is 962 g/mol. The molecule has 2 aromatic heterocycles. The number of likely N-dealkylation sites (tertiary alicyclic amines) is 2. The second-order valence-electron chi connectivity index (χ2n) is 21.3. The molecule has 1 amide bonds. The molecule has 0 radical (unpaired) electrons. The van der Waals surface area contributed by atoms with Gasteiger partial charge in [-0.15, -0.1) is 0 Å². The van der Waals surface area contributed by atoms with Gasteiger partial charge in [-0.3, -0.25) is 19.8 Å². The molecule has 364 valence electrons. The summed E-state index contributed by atoms with van der Waals surface area (Å²) < 4.78 is 57.0. The van der Waals surface area contributed by atoms with Crippen molar-refractivity contribution in [3.05, 3.63) is 106 Å². The number of anilines is 2. The van der Waals surface area contributed by atoms with E-state index in [0.717, 1.165) is 63.9 Å². The van der Waals surface area contributed by atoms with Crippen LogP contribution in [-0.2, 0) is 15.4 Å². The van der Waals surface area contributed by atoms with E-state index in [0.29, 0.717) is 49.2 Å². The fraction of sp³-hybridized carbons (Fsp3) is 0.490. The van der Waals surface area contributed by atoms with Gasteiger partial charge in [0.2, 0.25) is 0 Å². The van der Waals surface area contributed by atoms with E-state index in [4.69, 9.17) is 9.47 Å². The van der Waals surface area contributed by atoms with E-state index in [1.54, 1.807) is 19.1 Å². The third-order valence-corrected chi connectivity index (χ3v) is 17.7. The highest BCUT2D eigenvalue weighted by molar-refractivity contribution is 7.90. The minimum absolute atomic E-state index is 0.0174. The number of rotatable bonds is 11. The van der Waals surface area contributed by atoms with Crippen LogP contribution in [0.15, 0.2) is 78.0 Å². The molecular formula is C51H59FN8O8S. The number of halogens is 1. The van der Waals surface area contributed by atoms with E-state index in [9.17, 15) is 32.8 Å². The quantitative estimate of drug-likeness (QED) is 0.0750. The van der Waals surface area contributed by atoms with Gasteiger partial charge in [-0.05, 0) is 99.1 Å². The summed E-state index contributed by atoms with van der Waals surface area (Å²) in [7, 11) is -2.48. The summed E-state index contributed by atoms with van der Waals surface area (Å²) in [5.74, 6) is -0.292. The number of ether oxygens (including phenoxy) is 2. The van der Waals surface area contributed by atoms with Crippen molar-refractivity contribution in [1.82, 2.24) is 24.5 Å². The highest BCUT2D eigenvalue weighted by Gasteiger charge is 2.73. The molecule has 4 aliphatic heterocycles. The number of aliphatic hydroxyl groups is 1. The van der Waals surface area contributed by atoms with Crippen molar-refractivity contribution >= 4 is 44.0 Å². The maximum atomic E-state index is 14.7. The predicted molar refractivity (Wildman–Crippen MR) is 258 cm³/mol. The van der Waals surface area contributed by atoms with Gasteiger partial charge in [-0.25, -0.2) is 22.5 Å². The van der Waals surface area contributed by atoms with Crippen LogP contribution in [0.3, 0.4) is 0 Å². The van der Waals surface area contributed by atoms with Crippen LogP contribution in [0.1, 0.15) is 86.7 Å². The van der Waals surface area contributed by atoms with Gasteiger partial charge >= 0.3 is 0 Å². The van der Waals surface area contributed by atoms with Gasteiger partial charge in [0.1, 0.15) is 29.6 Å². The molecule has 6 heterocycles. The van der Waals surface area contributed by atoms with Gasteiger partial charge in [-0.2, -0.15) is 0 Å². The predicted octanol–water partition coefficient (Wildman–Crippen LogP) is 7.54. The molecule has 1 unspecified atom stereocenters. The maximum absolute atomic E-state index is 14.7. The molecule has 16 nitrogen and oxygen atoms in total. The zero-order chi connectivity index (χ0) is 48.2. The summed E-state index contributed by atoms with van der Waals surface area (Å²) >= 11 is 0. The minimum Gasteiger partial charge on any atom is -0.489 e. The number of nitro benzene ring substituents is 1. The second-order valence-corrected chi connectivity index (χ2v) is 23.0. The first-order chi connectivity index (χ1) is 32.9. The summed E-state index contributed by atoms with van der Waals surface area (Å²) in [4.78, 5) is 39.8. The number of sulfonamides is 1. The molecule has 18 heteroatoms. The number of aromatic nitrogens is 2. The molecule has 4 N–H and O–H groups in total. The molecule has 4 atom stereocenters. The van der Waals surface area contributed by atoms with Gasteiger partial charge in [-0.1, -0.05) is 38.1 Å². The Morgan fingerprint density at radius 1 is 1.06 bits per heavy atom. The Balaban J connectivity index is 0.812. The number of pyridine rings is 1. The van der Waals surface area contributed by atoms with Crippen molar-refractivity contribution in [2.24, 2.45) is 17.3 Å². The molecule has 5 fully saturated rings. The molecule has 2 saturated carbocycles. The van der Waals surface area contributed by atoms with Crippen molar-refractivity contribution in [3.8, 4) is 17.2 Å². The highest BCUT2D eigenvalue weighted by atomic mass is 32.2. The van der Waals surface area contributed by atoms with Crippen molar-refractivity contribution in [2.75, 3.05) is 63.1 Å². The summed E-state index contributed by atoms with van der Waals surface area (Å²) in [5, 5.41) is 26.3. The molecule has 2 aliphatic carbocycles. The Morgan fingerprint density at radius 3 is 2.55 bits per heavy atom. The molecule has 3 saturated heterocycles. The molecular weight excluding hydrogens is 904 g/mol. The van der Waals surface area contributed by atoms with E-state index in [2.05, 4.69) is 79.9 Å². The fourth-order valence-corrected chi connectivity index (χ4v) is 13.6. The van der Waals surface area contributed by atoms with Crippen molar-refractivity contribution < 1.29 is 37.1 Å². The first kappa shape index (κ1) is 45.6. The van der Waals surface area contributed by atoms with Crippen LogP contribution in [0, 0.1) is 33.2 Å². The standard InChI is InChI=1S/C51H59FN8O8S/c1-30(2)35-7-5-6-8-38(35)51-29-57(4)25-39(51)46(51)59-27-50(28-59)15-17-58(18-16-50)32-9-10-36(43(19-32)68-33-20-37-40(52)24-54-47(37)53-23-33)48(61)56-69(65,66)34-21-42(60(63)64)45-44(22-34)67-26-41(55-45)31-11-13-49(3,62)14-12-31/h5-10,19-24,30-31,39,41,46,55,62H,11-18,25-29H2,1-4H3,(H,53,54)(H,56,61)/t31?,39?,41-,46-,49?,51+/m1/s1. The topological polar surface area (TPSA) is 195 Å². The first-order valence-corrected chi connectivity index (χ1v) is 25.6. The number of carbonyl (C=O) groups is 1. The lowest BCUT2D eigenvalue weighted by Gasteiger charge is -2.55. The van der Waals surface area contributed by atoms with Crippen molar-refractivity contribution in [3.63, 3.8) is 0 Å². The molecule has 11 rings (SSSR count). The van der Waals surface area contributed by atoms with Crippen LogP contribution < -0.4 is 24.4 Å². The number of piperidine rings is 2. The Kier molecular flexibility index (Phi) is 11.0. The van der Waals surface area contributed by atoms with E-state index < -0.39 is 42.9 Å². The van der Waals surface area contributed by atoms with E-state index >= 15 is 0 Å². The van der Waals surface area contributed by atoms with E-state index in [1.807, 2.05) is 0 Å². The Hall–Kier alpha value is -5.82. The number of likely N-dealkylation sites (N-methyl/N-ethyl adjacent to an activating group) is 1. The molecule has 5 aromatic rings. The van der Waals surface area contributed by atoms with E-state index in [-0.39, 0.29) is 63.3 Å². The number of aromatic amines is 1. The summed E-state index contributed by atoms with van der Waals surface area (Å²) in [5.41, 5.74) is 3.08. The van der Waals surface area contributed by atoms with Crippen molar-refractivity contribution in [1.29, 1.82) is 0 Å². The normalized spacial score (nSPS) is 27.6. The zero-order valence-corrected chi connectivity index (χ0v) is 40.2. The molecule has 6 aliphatic rings. The number of nitrogens with zero attached hydrogens (tertiary/aromatic N) is 5. The van der Waals surface area contributed by atoms with Crippen molar-refractivity contribution in [2.45, 2.75) is 93.2 Å². The number of carbonyl (C=O) groups excluding carboxylic acids is 1. The van der Waals surface area contributed by atoms with Crippen LogP contribution >= 0.6 is 0 Å². The zero-order valence-electron chi connectivity index (χ0n) is 39.3. The second kappa shape index (κ2) is 16.7. The van der Waals surface area contributed by atoms with Crippen LogP contribution in [0.4, 0.5) is 21.5 Å².